The van der Waals surface area contributed by atoms with Crippen LogP contribution in [0.2, 0.25) is 0 Å². The number of benzene rings is 1. The lowest BCUT2D eigenvalue weighted by atomic mass is 10.3. The molecule has 6 heteroatoms. The van der Waals surface area contributed by atoms with E-state index in [9.17, 15) is 8.42 Å². The molecule has 2 rings (SSSR count). The van der Waals surface area contributed by atoms with Crippen LogP contribution in [0.1, 0.15) is 6.42 Å². The topological polar surface area (TPSA) is 63.4 Å². The van der Waals surface area contributed by atoms with E-state index < -0.39 is 10.0 Å². The Hall–Kier alpha value is -0.430. The average molecular weight is 305 g/mol. The summed E-state index contributed by atoms with van der Waals surface area (Å²) in [6.45, 7) is 0.921. The van der Waals surface area contributed by atoms with E-state index in [1.165, 1.54) is 4.31 Å². The third-order valence-electron chi connectivity index (χ3n) is 2.62. The molecule has 1 aliphatic heterocycles. The highest BCUT2D eigenvalue weighted by Gasteiger charge is 2.30. The summed E-state index contributed by atoms with van der Waals surface area (Å²) >= 11 is 3.27. The van der Waals surface area contributed by atoms with Gasteiger partial charge in [-0.25, -0.2) is 8.42 Å². The molecule has 2 N–H and O–H groups in total. The van der Waals surface area contributed by atoms with Gasteiger partial charge in [-0.1, -0.05) is 22.0 Å². The van der Waals surface area contributed by atoms with Crippen molar-refractivity contribution in [3.63, 3.8) is 0 Å². The molecular weight excluding hydrogens is 292 g/mol. The third kappa shape index (κ3) is 2.29. The number of hydrogen-bond acceptors (Lipinski definition) is 3. The molecule has 0 radical (unpaired) electrons. The maximum Gasteiger partial charge on any atom is 0.243 e. The Bertz CT molecular complexity index is 489. The number of halogens is 1. The fourth-order valence-electron chi connectivity index (χ4n) is 1.75. The molecule has 0 amide bonds. The highest BCUT2D eigenvalue weighted by molar-refractivity contribution is 9.10. The summed E-state index contributed by atoms with van der Waals surface area (Å²) in [4.78, 5) is 0.316. The summed E-state index contributed by atoms with van der Waals surface area (Å²) in [5.41, 5.74) is 5.71. The van der Waals surface area contributed by atoms with Crippen LogP contribution in [-0.4, -0.2) is 31.9 Å². The molecule has 0 saturated carbocycles. The van der Waals surface area contributed by atoms with Gasteiger partial charge >= 0.3 is 0 Å². The van der Waals surface area contributed by atoms with E-state index in [1.54, 1.807) is 24.3 Å². The largest absolute Gasteiger partial charge is 0.326 e. The molecule has 1 aliphatic rings. The molecule has 1 heterocycles. The maximum atomic E-state index is 12.2. The lowest BCUT2D eigenvalue weighted by molar-refractivity contribution is 0.472. The molecular formula is C10H13BrN2O2S. The van der Waals surface area contributed by atoms with Crippen molar-refractivity contribution in [2.24, 2.45) is 5.73 Å². The molecule has 1 unspecified atom stereocenters. The molecule has 1 aromatic rings. The standard InChI is InChI=1S/C10H13BrN2O2S/c11-8-2-1-3-10(6-8)16(14,15)13-5-4-9(12)7-13/h1-3,6,9H,4-5,7,12H2. The Kier molecular flexibility index (Phi) is 3.34. The first-order valence-electron chi connectivity index (χ1n) is 5.01. The fraction of sp³-hybridized carbons (Fsp3) is 0.400. The first-order valence-corrected chi connectivity index (χ1v) is 7.25. The van der Waals surface area contributed by atoms with Gasteiger partial charge in [-0.15, -0.1) is 0 Å². The van der Waals surface area contributed by atoms with E-state index in [2.05, 4.69) is 15.9 Å². The Labute approximate surface area is 104 Å². The van der Waals surface area contributed by atoms with Gasteiger partial charge in [-0.3, -0.25) is 0 Å². The Morgan fingerprint density at radius 1 is 1.44 bits per heavy atom. The van der Waals surface area contributed by atoms with Crippen LogP contribution in [0.3, 0.4) is 0 Å². The lowest BCUT2D eigenvalue weighted by Gasteiger charge is -2.15. The van der Waals surface area contributed by atoms with Gasteiger partial charge in [0.05, 0.1) is 4.90 Å². The molecule has 0 aromatic heterocycles. The van der Waals surface area contributed by atoms with Gasteiger partial charge in [0, 0.05) is 23.6 Å². The SMILES string of the molecule is NC1CCN(S(=O)(=O)c2cccc(Br)c2)C1. The van der Waals surface area contributed by atoms with Crippen molar-refractivity contribution in [1.29, 1.82) is 0 Å². The van der Waals surface area contributed by atoms with Crippen molar-refractivity contribution in [3.05, 3.63) is 28.7 Å². The molecule has 1 atom stereocenters. The van der Waals surface area contributed by atoms with Crippen molar-refractivity contribution in [2.45, 2.75) is 17.4 Å². The Morgan fingerprint density at radius 2 is 2.19 bits per heavy atom. The number of rotatable bonds is 2. The average Bonchev–Trinajstić information content (AvgIpc) is 2.65. The summed E-state index contributed by atoms with van der Waals surface area (Å²) in [6, 6.07) is 6.69. The number of nitrogens with two attached hydrogens (primary N) is 1. The van der Waals surface area contributed by atoms with Gasteiger partial charge < -0.3 is 5.73 Å². The van der Waals surface area contributed by atoms with E-state index in [-0.39, 0.29) is 6.04 Å². The summed E-state index contributed by atoms with van der Waals surface area (Å²) < 4.78 is 26.6. The van der Waals surface area contributed by atoms with E-state index >= 15 is 0 Å². The van der Waals surface area contributed by atoms with Crippen molar-refractivity contribution < 1.29 is 8.42 Å². The zero-order valence-corrected chi connectivity index (χ0v) is 11.0. The highest BCUT2D eigenvalue weighted by atomic mass is 79.9. The van der Waals surface area contributed by atoms with Crippen LogP contribution in [0.4, 0.5) is 0 Å². The molecule has 1 saturated heterocycles. The van der Waals surface area contributed by atoms with Crippen LogP contribution in [0.15, 0.2) is 33.6 Å². The zero-order valence-electron chi connectivity index (χ0n) is 8.64. The van der Waals surface area contributed by atoms with Crippen LogP contribution >= 0.6 is 15.9 Å². The van der Waals surface area contributed by atoms with Crippen LogP contribution in [0, 0.1) is 0 Å². The normalized spacial score (nSPS) is 22.5. The fourth-order valence-corrected chi connectivity index (χ4v) is 3.86. The van der Waals surface area contributed by atoms with E-state index in [0.29, 0.717) is 18.0 Å². The predicted molar refractivity (Wildman–Crippen MR) is 65.5 cm³/mol. The van der Waals surface area contributed by atoms with Gasteiger partial charge in [0.2, 0.25) is 10.0 Å². The second kappa shape index (κ2) is 4.44. The van der Waals surface area contributed by atoms with Gasteiger partial charge in [0.25, 0.3) is 0 Å². The quantitative estimate of drug-likeness (QED) is 0.892. The van der Waals surface area contributed by atoms with Gasteiger partial charge in [0.15, 0.2) is 0 Å². The third-order valence-corrected chi connectivity index (χ3v) is 4.98. The second-order valence-corrected chi connectivity index (χ2v) is 6.72. The zero-order chi connectivity index (χ0) is 11.8. The van der Waals surface area contributed by atoms with E-state index in [0.717, 1.165) is 10.9 Å². The summed E-state index contributed by atoms with van der Waals surface area (Å²) in [5, 5.41) is 0. The molecule has 4 nitrogen and oxygen atoms in total. The molecule has 1 aromatic carbocycles. The van der Waals surface area contributed by atoms with Gasteiger partial charge in [-0.05, 0) is 24.6 Å². The summed E-state index contributed by atoms with van der Waals surface area (Å²) in [5.74, 6) is 0. The van der Waals surface area contributed by atoms with Crippen LogP contribution in [0.5, 0.6) is 0 Å². The van der Waals surface area contributed by atoms with E-state index in [4.69, 9.17) is 5.73 Å². The first kappa shape index (κ1) is 12.0. The number of hydrogen-bond donors (Lipinski definition) is 1. The van der Waals surface area contributed by atoms with E-state index in [1.807, 2.05) is 0 Å². The number of sulfonamides is 1. The molecule has 0 bridgehead atoms. The minimum atomic E-state index is -3.37. The van der Waals surface area contributed by atoms with Crippen molar-refractivity contribution in [2.75, 3.05) is 13.1 Å². The molecule has 1 fully saturated rings. The molecule has 0 aliphatic carbocycles. The monoisotopic (exact) mass is 304 g/mol. The smallest absolute Gasteiger partial charge is 0.243 e. The van der Waals surface area contributed by atoms with Crippen molar-refractivity contribution >= 4 is 26.0 Å². The highest BCUT2D eigenvalue weighted by Crippen LogP contribution is 2.22. The lowest BCUT2D eigenvalue weighted by Crippen LogP contribution is -2.31. The number of nitrogens with zero attached hydrogens (tertiary/aromatic N) is 1. The minimum absolute atomic E-state index is 0.0399. The van der Waals surface area contributed by atoms with Gasteiger partial charge in [0.1, 0.15) is 0 Å². The van der Waals surface area contributed by atoms with Crippen LogP contribution < -0.4 is 5.73 Å². The maximum absolute atomic E-state index is 12.2. The summed E-state index contributed by atoms with van der Waals surface area (Å²) in [7, 11) is -3.37. The first-order chi connectivity index (χ1) is 7.50. The van der Waals surface area contributed by atoms with Crippen LogP contribution in [0.25, 0.3) is 0 Å². The summed E-state index contributed by atoms with van der Waals surface area (Å²) in [6.07, 6.45) is 0.729. The molecule has 0 spiro atoms. The van der Waals surface area contributed by atoms with Gasteiger partial charge in [-0.2, -0.15) is 4.31 Å². The van der Waals surface area contributed by atoms with Crippen LogP contribution in [-0.2, 0) is 10.0 Å². The Balaban J connectivity index is 2.32. The Morgan fingerprint density at radius 3 is 2.75 bits per heavy atom. The predicted octanol–water partition coefficient (Wildman–Crippen LogP) is 1.17. The molecule has 16 heavy (non-hydrogen) atoms. The van der Waals surface area contributed by atoms with Crippen molar-refractivity contribution in [1.82, 2.24) is 4.31 Å². The second-order valence-electron chi connectivity index (χ2n) is 3.87. The minimum Gasteiger partial charge on any atom is -0.326 e. The molecule has 88 valence electrons. The van der Waals surface area contributed by atoms with Crippen molar-refractivity contribution in [3.8, 4) is 0 Å².